The number of carboxylic acid groups (broad SMARTS) is 1. The molecule has 2 aromatic rings. The first-order valence-electron chi connectivity index (χ1n) is 23.6. The molecular weight excluding hydrogens is 900 g/mol. The van der Waals surface area contributed by atoms with Gasteiger partial charge in [-0.15, -0.1) is 0 Å². The number of nitrogens with one attached hydrogen (secondary N) is 4. The second-order valence-electron chi connectivity index (χ2n) is 19.9. The molecule has 69 heavy (non-hydrogen) atoms. The van der Waals surface area contributed by atoms with Crippen molar-refractivity contribution < 1.29 is 57.0 Å². The molecule has 0 spiro atoms. The maximum absolute atomic E-state index is 14.3. The number of carbonyl (C=O) groups is 6. The summed E-state index contributed by atoms with van der Waals surface area (Å²) in [6.07, 6.45) is 1.87. The van der Waals surface area contributed by atoms with Crippen molar-refractivity contribution in [2.45, 2.75) is 161 Å². The van der Waals surface area contributed by atoms with Crippen LogP contribution in [-0.4, -0.2) is 117 Å². The number of carbonyl (C=O) groups excluding carboxylic acids is 5. The van der Waals surface area contributed by atoms with E-state index in [0.717, 1.165) is 17.5 Å². The van der Waals surface area contributed by atoms with Crippen molar-refractivity contribution in [3.05, 3.63) is 83.9 Å². The Morgan fingerprint density at radius 3 is 1.97 bits per heavy atom. The Balaban J connectivity index is 0.00000167. The minimum Gasteiger partial charge on any atom is -0.475 e. The Bertz CT molecular complexity index is 2000. The lowest BCUT2D eigenvalue weighted by molar-refractivity contribution is -0.246. The predicted molar refractivity (Wildman–Crippen MR) is 254 cm³/mol. The lowest BCUT2D eigenvalue weighted by Crippen LogP contribution is -2.64. The number of alkyl carbamates (subject to hydrolysis) is 1. The molecule has 2 aromatic carbocycles. The number of halogens is 3. The van der Waals surface area contributed by atoms with Gasteiger partial charge in [-0.1, -0.05) is 101 Å². The van der Waals surface area contributed by atoms with E-state index in [-0.39, 0.29) is 43.5 Å². The van der Waals surface area contributed by atoms with Gasteiger partial charge in [0.25, 0.3) is 0 Å². The van der Waals surface area contributed by atoms with Crippen LogP contribution < -0.4 is 27.0 Å². The molecule has 2 aliphatic rings. The summed E-state index contributed by atoms with van der Waals surface area (Å²) in [7, 11) is 0. The molecule has 384 valence electrons. The lowest BCUT2D eigenvalue weighted by Gasteiger charge is -2.51. The third-order valence-electron chi connectivity index (χ3n) is 12.0. The summed E-state index contributed by atoms with van der Waals surface area (Å²) in [5.41, 5.74) is 6.99. The molecule has 5 amide bonds. The van der Waals surface area contributed by atoms with E-state index in [4.69, 9.17) is 20.4 Å². The number of benzene rings is 2. The first kappa shape index (κ1) is 57.8. The summed E-state index contributed by atoms with van der Waals surface area (Å²) < 4.78 is 37.1. The molecule has 0 bridgehead atoms. The average Bonchev–Trinajstić information content (AvgIpc) is 3.76. The van der Waals surface area contributed by atoms with Crippen molar-refractivity contribution in [3.63, 3.8) is 0 Å². The van der Waals surface area contributed by atoms with Crippen molar-refractivity contribution in [2.75, 3.05) is 13.1 Å². The first-order chi connectivity index (χ1) is 32.2. The summed E-state index contributed by atoms with van der Waals surface area (Å²) in [5, 5.41) is 31.0. The third kappa shape index (κ3) is 19.1. The van der Waals surface area contributed by atoms with Crippen LogP contribution in [0.3, 0.4) is 0 Å². The second-order valence-corrected chi connectivity index (χ2v) is 19.9. The molecule has 0 aliphatic carbocycles. The van der Waals surface area contributed by atoms with Gasteiger partial charge in [-0.2, -0.15) is 18.2 Å². The van der Waals surface area contributed by atoms with Crippen molar-refractivity contribution in [2.24, 2.45) is 23.5 Å². The molecule has 0 saturated carbocycles. The molecule has 0 radical (unpaired) electrons. The highest BCUT2D eigenvalue weighted by Crippen LogP contribution is 2.36. The van der Waals surface area contributed by atoms with Crippen molar-refractivity contribution in [1.29, 1.82) is 0 Å². The van der Waals surface area contributed by atoms with Crippen LogP contribution >= 0.6 is 0 Å². The number of ether oxygens (including phenoxy) is 1. The van der Waals surface area contributed by atoms with Gasteiger partial charge in [0.15, 0.2) is 0 Å². The molecule has 2 saturated heterocycles. The number of nitrogens with zero attached hydrogens (tertiary/aromatic N) is 2. The smallest absolute Gasteiger partial charge is 0.475 e. The van der Waals surface area contributed by atoms with Gasteiger partial charge in [-0.3, -0.25) is 19.2 Å². The van der Waals surface area contributed by atoms with Crippen molar-refractivity contribution >= 4 is 35.7 Å². The molecule has 2 heterocycles. The number of rotatable bonds is 20. The number of hydrogen-bond donors (Lipinski definition) is 7. The van der Waals surface area contributed by atoms with Gasteiger partial charge in [0, 0.05) is 36.3 Å². The van der Waals surface area contributed by atoms with Crippen LogP contribution in [0.15, 0.2) is 72.8 Å². The van der Waals surface area contributed by atoms with E-state index in [0.29, 0.717) is 51.0 Å². The molecule has 0 aromatic heterocycles. The minimum atomic E-state index is -5.08. The number of likely N-dealkylation sites (tertiary alicyclic amines) is 1. The number of piperidine rings is 1. The number of hydroxylamine groups is 2. The van der Waals surface area contributed by atoms with Gasteiger partial charge in [0.2, 0.25) is 23.6 Å². The van der Waals surface area contributed by atoms with Crippen LogP contribution in [0.2, 0.25) is 0 Å². The van der Waals surface area contributed by atoms with E-state index in [9.17, 15) is 42.4 Å². The van der Waals surface area contributed by atoms with Gasteiger partial charge in [-0.05, 0) is 102 Å². The zero-order valence-corrected chi connectivity index (χ0v) is 41.2. The second kappa shape index (κ2) is 26.4. The van der Waals surface area contributed by atoms with Crippen LogP contribution in [0.25, 0.3) is 0 Å². The first-order valence-corrected chi connectivity index (χ1v) is 23.6. The highest BCUT2D eigenvalue weighted by atomic mass is 19.4. The largest absolute Gasteiger partial charge is 0.490 e. The zero-order valence-electron chi connectivity index (χ0n) is 41.2. The number of hydrogen-bond acceptors (Lipinski definition) is 10. The summed E-state index contributed by atoms with van der Waals surface area (Å²) in [5.74, 6) is -4.79. The van der Waals surface area contributed by atoms with Crippen LogP contribution in [0.5, 0.6) is 0 Å². The predicted octanol–water partition coefficient (Wildman–Crippen LogP) is 6.26. The fourth-order valence-electron chi connectivity index (χ4n) is 8.78. The number of aliphatic carboxylic acids is 1. The average molecular weight is 974 g/mol. The Morgan fingerprint density at radius 1 is 0.870 bits per heavy atom. The standard InChI is InChI=1S/C48H73N7O7.C2HF3O2/c1-32(2)27-37(49)24-23-36(28-34-17-11-9-12-18-34)45(59)54-26-16-22-40(54)43(57)53-41(33(3)4)44(58)52-39(21-15-25-50-46(60)62-31-35-19-13-10-14-20-35)42(56)51-38-29-47(5,6)55(61)48(7,8)30-38;3-2(4,5)1(6)7/h9-14,17-20,23-24,32-33,36-41,61H,15-16,21-22,25-31,49H2,1-8H3,(H,50,60)(H,51,56)(H,52,58)(H,53,57);(H,6,7)/b24-23+;/t36?,37?,39?,40-,41?;/m0./s1. The highest BCUT2D eigenvalue weighted by molar-refractivity contribution is 5.95. The molecule has 16 nitrogen and oxygen atoms in total. The Kier molecular flexibility index (Phi) is 22.2. The van der Waals surface area contributed by atoms with Crippen molar-refractivity contribution in [1.82, 2.24) is 31.2 Å². The Labute approximate surface area is 404 Å². The van der Waals surface area contributed by atoms with Gasteiger partial charge in [0.05, 0.1) is 5.92 Å². The van der Waals surface area contributed by atoms with Crippen LogP contribution in [0.4, 0.5) is 18.0 Å². The fraction of sp³-hybridized carbons (Fsp3) is 0.600. The van der Waals surface area contributed by atoms with E-state index >= 15 is 0 Å². The van der Waals surface area contributed by atoms with Crippen LogP contribution in [-0.2, 0) is 41.7 Å². The normalized spacial score (nSPS) is 18.9. The van der Waals surface area contributed by atoms with Gasteiger partial charge >= 0.3 is 18.2 Å². The lowest BCUT2D eigenvalue weighted by atomic mass is 9.79. The van der Waals surface area contributed by atoms with Gasteiger partial charge in [-0.25, -0.2) is 9.59 Å². The van der Waals surface area contributed by atoms with E-state index in [2.05, 4.69) is 35.1 Å². The fourth-order valence-corrected chi connectivity index (χ4v) is 8.78. The minimum absolute atomic E-state index is 0.112. The SMILES string of the molecule is CC(C)CC(N)/C=C/C(Cc1ccccc1)C(=O)N1CCC[C@H]1C(=O)NC(C(=O)NC(CCCNC(=O)OCc1ccccc1)C(=O)NC1CC(C)(C)N(O)C(C)(C)C1)C(C)C.O=C(O)C(F)(F)F. The number of carboxylic acids is 1. The van der Waals surface area contributed by atoms with E-state index in [1.54, 1.807) is 4.90 Å². The van der Waals surface area contributed by atoms with Crippen molar-refractivity contribution in [3.8, 4) is 0 Å². The van der Waals surface area contributed by atoms with Crippen LogP contribution in [0, 0.1) is 17.8 Å². The van der Waals surface area contributed by atoms with E-state index in [1.165, 1.54) is 5.06 Å². The zero-order chi connectivity index (χ0) is 51.7. The topological polar surface area (TPSA) is 233 Å². The monoisotopic (exact) mass is 974 g/mol. The Hall–Kier alpha value is -5.53. The molecule has 4 unspecified atom stereocenters. The molecule has 2 fully saturated rings. The molecular formula is C50H74F3N7O9. The third-order valence-corrected chi connectivity index (χ3v) is 12.0. The quantitative estimate of drug-likeness (QED) is 0.0578. The van der Waals surface area contributed by atoms with Crippen LogP contribution in [0.1, 0.15) is 111 Å². The number of amides is 5. The van der Waals surface area contributed by atoms with E-state index < -0.39 is 71.1 Å². The van der Waals surface area contributed by atoms with Gasteiger partial charge < -0.3 is 47.0 Å². The number of alkyl halides is 3. The summed E-state index contributed by atoms with van der Waals surface area (Å²) in [6.45, 7) is 16.2. The number of nitrogens with two attached hydrogens (primary N) is 1. The molecule has 4 rings (SSSR count). The summed E-state index contributed by atoms with van der Waals surface area (Å²) in [4.78, 5) is 79.6. The maximum atomic E-state index is 14.3. The van der Waals surface area contributed by atoms with E-state index in [1.807, 2.05) is 114 Å². The molecule has 2 aliphatic heterocycles. The summed E-state index contributed by atoms with van der Waals surface area (Å²) >= 11 is 0. The highest BCUT2D eigenvalue weighted by Gasteiger charge is 2.46. The molecule has 19 heteroatoms. The molecule has 8 N–H and O–H groups in total. The summed E-state index contributed by atoms with van der Waals surface area (Å²) in [6, 6.07) is 15.8. The van der Waals surface area contributed by atoms with Gasteiger partial charge in [0.1, 0.15) is 24.7 Å². The Morgan fingerprint density at radius 2 is 1.43 bits per heavy atom. The maximum Gasteiger partial charge on any atom is 0.490 e. The molecule has 5 atom stereocenters.